The molecule has 0 unspecified atom stereocenters. The van der Waals surface area contributed by atoms with Crippen molar-refractivity contribution < 1.29 is 9.90 Å². The molecule has 5 heteroatoms. The molecule has 0 bridgehead atoms. The summed E-state index contributed by atoms with van der Waals surface area (Å²) in [6.07, 6.45) is 5.24. The smallest absolute Gasteiger partial charge is 0.337 e. The maximum absolute atomic E-state index is 10.9. The quantitative estimate of drug-likeness (QED) is 0.905. The van der Waals surface area contributed by atoms with Gasteiger partial charge in [-0.25, -0.2) is 9.48 Å². The third kappa shape index (κ3) is 1.78. The summed E-state index contributed by atoms with van der Waals surface area (Å²) in [7, 11) is 0. The fourth-order valence-corrected chi connectivity index (χ4v) is 2.52. The van der Waals surface area contributed by atoms with E-state index in [2.05, 4.69) is 5.10 Å². The van der Waals surface area contributed by atoms with Crippen molar-refractivity contribution in [3.8, 4) is 5.69 Å². The monoisotopic (exact) mass is 262 g/mol. The summed E-state index contributed by atoms with van der Waals surface area (Å²) < 4.78 is 1.77. The zero-order chi connectivity index (χ0) is 12.7. The lowest BCUT2D eigenvalue weighted by Crippen LogP contribution is -2.01. The number of aryl methyl sites for hydroxylation is 2. The van der Waals surface area contributed by atoms with Crippen LogP contribution in [0, 0.1) is 0 Å². The second-order valence-electron chi connectivity index (χ2n) is 4.37. The van der Waals surface area contributed by atoms with Crippen molar-refractivity contribution in [2.75, 3.05) is 0 Å². The average Bonchev–Trinajstić information content (AvgIpc) is 2.87. The van der Waals surface area contributed by atoms with E-state index < -0.39 is 5.97 Å². The van der Waals surface area contributed by atoms with Crippen LogP contribution < -0.4 is 0 Å². The SMILES string of the molecule is O=C(O)c1ccc(-n2cc3c(n2)CCC3)cc1Cl. The van der Waals surface area contributed by atoms with Gasteiger partial charge in [0.1, 0.15) is 0 Å². The van der Waals surface area contributed by atoms with Gasteiger partial charge in [0.15, 0.2) is 0 Å². The van der Waals surface area contributed by atoms with Crippen molar-refractivity contribution in [1.82, 2.24) is 9.78 Å². The first-order chi connectivity index (χ1) is 8.65. The third-order valence-electron chi connectivity index (χ3n) is 3.18. The fourth-order valence-electron chi connectivity index (χ4n) is 2.26. The van der Waals surface area contributed by atoms with Crippen LogP contribution in [0.2, 0.25) is 5.02 Å². The second kappa shape index (κ2) is 4.14. The van der Waals surface area contributed by atoms with Crippen LogP contribution in [0.15, 0.2) is 24.4 Å². The van der Waals surface area contributed by atoms with Gasteiger partial charge in [-0.05, 0) is 43.0 Å². The van der Waals surface area contributed by atoms with E-state index in [0.717, 1.165) is 30.6 Å². The molecule has 0 amide bonds. The zero-order valence-electron chi connectivity index (χ0n) is 9.56. The van der Waals surface area contributed by atoms with Gasteiger partial charge >= 0.3 is 5.97 Å². The maximum atomic E-state index is 10.9. The molecule has 18 heavy (non-hydrogen) atoms. The first-order valence-corrected chi connectivity index (χ1v) is 6.13. The Balaban J connectivity index is 2.01. The van der Waals surface area contributed by atoms with Crippen LogP contribution in [0.3, 0.4) is 0 Å². The van der Waals surface area contributed by atoms with E-state index in [1.165, 1.54) is 11.6 Å². The van der Waals surface area contributed by atoms with E-state index in [9.17, 15) is 4.79 Å². The number of halogens is 1. The van der Waals surface area contributed by atoms with E-state index in [4.69, 9.17) is 16.7 Å². The van der Waals surface area contributed by atoms with Gasteiger partial charge in [0, 0.05) is 6.20 Å². The molecule has 1 aromatic heterocycles. The highest BCUT2D eigenvalue weighted by Crippen LogP contribution is 2.24. The van der Waals surface area contributed by atoms with Gasteiger partial charge in [-0.15, -0.1) is 0 Å². The fraction of sp³-hybridized carbons (Fsp3) is 0.231. The molecular weight excluding hydrogens is 252 g/mol. The molecule has 0 saturated carbocycles. The standard InChI is InChI=1S/C13H11ClN2O2/c14-11-6-9(4-5-10(11)13(17)18)16-7-8-2-1-3-12(8)15-16/h4-7H,1-3H2,(H,17,18). The molecule has 1 heterocycles. The largest absolute Gasteiger partial charge is 0.478 e. The number of fused-ring (bicyclic) bond motifs is 1. The summed E-state index contributed by atoms with van der Waals surface area (Å²) >= 11 is 5.95. The molecule has 92 valence electrons. The van der Waals surface area contributed by atoms with E-state index in [1.54, 1.807) is 16.8 Å². The number of benzene rings is 1. The zero-order valence-corrected chi connectivity index (χ0v) is 10.3. The molecule has 0 aliphatic heterocycles. The first kappa shape index (κ1) is 11.3. The number of hydrogen-bond donors (Lipinski definition) is 1. The minimum Gasteiger partial charge on any atom is -0.478 e. The van der Waals surface area contributed by atoms with Crippen molar-refractivity contribution in [2.45, 2.75) is 19.3 Å². The Kier molecular flexibility index (Phi) is 2.59. The molecule has 0 saturated heterocycles. The summed E-state index contributed by atoms with van der Waals surface area (Å²) in [6.45, 7) is 0. The lowest BCUT2D eigenvalue weighted by Gasteiger charge is -2.04. The van der Waals surface area contributed by atoms with Crippen molar-refractivity contribution in [3.63, 3.8) is 0 Å². The topological polar surface area (TPSA) is 55.1 Å². The van der Waals surface area contributed by atoms with Crippen LogP contribution in [0.4, 0.5) is 0 Å². The Bertz CT molecular complexity index is 612. The Hall–Kier alpha value is -1.81. The molecule has 0 spiro atoms. The van der Waals surface area contributed by atoms with Crippen LogP contribution in [0.25, 0.3) is 5.69 Å². The molecule has 1 aliphatic carbocycles. The lowest BCUT2D eigenvalue weighted by molar-refractivity contribution is 0.0697. The highest BCUT2D eigenvalue weighted by Gasteiger charge is 2.16. The van der Waals surface area contributed by atoms with Crippen molar-refractivity contribution in [3.05, 3.63) is 46.2 Å². The minimum absolute atomic E-state index is 0.111. The molecule has 0 radical (unpaired) electrons. The Morgan fingerprint density at radius 3 is 2.89 bits per heavy atom. The number of carboxylic acid groups (broad SMARTS) is 1. The molecule has 1 aromatic carbocycles. The number of carbonyl (C=O) groups is 1. The molecule has 1 N–H and O–H groups in total. The summed E-state index contributed by atoms with van der Waals surface area (Å²) in [6, 6.07) is 4.86. The summed E-state index contributed by atoms with van der Waals surface area (Å²) in [5.74, 6) is -1.02. The third-order valence-corrected chi connectivity index (χ3v) is 3.50. The molecule has 1 aliphatic rings. The number of hydrogen-bond acceptors (Lipinski definition) is 2. The Labute approximate surface area is 109 Å². The van der Waals surface area contributed by atoms with Crippen LogP contribution >= 0.6 is 11.6 Å². The van der Waals surface area contributed by atoms with Gasteiger partial charge in [-0.2, -0.15) is 5.10 Å². The van der Waals surface area contributed by atoms with E-state index in [-0.39, 0.29) is 10.6 Å². The van der Waals surface area contributed by atoms with Crippen LogP contribution in [-0.2, 0) is 12.8 Å². The normalized spacial score (nSPS) is 13.6. The molecule has 0 atom stereocenters. The summed E-state index contributed by atoms with van der Waals surface area (Å²) in [5, 5.41) is 13.6. The van der Waals surface area contributed by atoms with Crippen LogP contribution in [0.5, 0.6) is 0 Å². The summed E-state index contributed by atoms with van der Waals surface area (Å²) in [5.41, 5.74) is 3.31. The highest BCUT2D eigenvalue weighted by molar-refractivity contribution is 6.33. The van der Waals surface area contributed by atoms with Gasteiger partial charge in [-0.3, -0.25) is 0 Å². The van der Waals surface area contributed by atoms with Gasteiger partial charge in [-0.1, -0.05) is 11.6 Å². The molecule has 4 nitrogen and oxygen atoms in total. The number of nitrogens with zero attached hydrogens (tertiary/aromatic N) is 2. The predicted octanol–water partition coefficient (Wildman–Crippen LogP) is 2.71. The first-order valence-electron chi connectivity index (χ1n) is 5.76. The van der Waals surface area contributed by atoms with E-state index >= 15 is 0 Å². The van der Waals surface area contributed by atoms with E-state index in [0.29, 0.717) is 0 Å². The minimum atomic E-state index is -1.02. The Morgan fingerprint density at radius 2 is 2.22 bits per heavy atom. The van der Waals surface area contributed by atoms with Gasteiger partial charge in [0.05, 0.1) is 22.0 Å². The van der Waals surface area contributed by atoms with Gasteiger partial charge < -0.3 is 5.11 Å². The second-order valence-corrected chi connectivity index (χ2v) is 4.78. The van der Waals surface area contributed by atoms with E-state index in [1.807, 2.05) is 6.20 Å². The van der Waals surface area contributed by atoms with Crippen LogP contribution in [-0.4, -0.2) is 20.9 Å². The van der Waals surface area contributed by atoms with Crippen molar-refractivity contribution >= 4 is 17.6 Å². The van der Waals surface area contributed by atoms with Crippen LogP contribution in [0.1, 0.15) is 28.0 Å². The number of rotatable bonds is 2. The lowest BCUT2D eigenvalue weighted by atomic mass is 10.2. The number of aromatic nitrogens is 2. The summed E-state index contributed by atoms with van der Waals surface area (Å²) in [4.78, 5) is 10.9. The highest BCUT2D eigenvalue weighted by atomic mass is 35.5. The molecule has 0 fully saturated rings. The Morgan fingerprint density at radius 1 is 1.39 bits per heavy atom. The van der Waals surface area contributed by atoms with Crippen molar-refractivity contribution in [2.24, 2.45) is 0 Å². The predicted molar refractivity (Wildman–Crippen MR) is 67.6 cm³/mol. The maximum Gasteiger partial charge on any atom is 0.337 e. The number of carboxylic acids is 1. The van der Waals surface area contributed by atoms with Gasteiger partial charge in [0.25, 0.3) is 0 Å². The molecule has 2 aromatic rings. The molecular formula is C13H11ClN2O2. The average molecular weight is 263 g/mol. The number of aromatic carboxylic acids is 1. The van der Waals surface area contributed by atoms with Crippen molar-refractivity contribution in [1.29, 1.82) is 0 Å². The molecule has 3 rings (SSSR count). The van der Waals surface area contributed by atoms with Gasteiger partial charge in [0.2, 0.25) is 0 Å².